The second-order valence-corrected chi connectivity index (χ2v) is 17.5. The number of phenols is 1. The van der Waals surface area contributed by atoms with Gasteiger partial charge in [-0.25, -0.2) is 4.79 Å². The molecule has 0 saturated heterocycles. The van der Waals surface area contributed by atoms with Crippen LogP contribution in [0.15, 0.2) is 35.9 Å². The van der Waals surface area contributed by atoms with Crippen LogP contribution in [0.5, 0.6) is 11.5 Å². The molecule has 5 aliphatic carbocycles. The molecule has 5 aliphatic rings. The number of allylic oxidation sites excluding steroid dienone is 2. The van der Waals surface area contributed by atoms with Gasteiger partial charge >= 0.3 is 5.97 Å². The van der Waals surface area contributed by atoms with Gasteiger partial charge in [0.25, 0.3) is 0 Å². The van der Waals surface area contributed by atoms with Crippen LogP contribution in [-0.4, -0.2) is 75.9 Å². The third-order valence-electron chi connectivity index (χ3n) is 14.6. The van der Waals surface area contributed by atoms with E-state index >= 15 is 0 Å². The fourth-order valence-electron chi connectivity index (χ4n) is 12.3. The lowest BCUT2D eigenvalue weighted by Crippen LogP contribution is -2.64. The molecule has 0 bridgehead atoms. The van der Waals surface area contributed by atoms with E-state index in [1.54, 1.807) is 19.1 Å². The summed E-state index contributed by atoms with van der Waals surface area (Å²) in [6, 6.07) is 4.69. The summed E-state index contributed by atoms with van der Waals surface area (Å²) in [7, 11) is 1.44. The van der Waals surface area contributed by atoms with Crippen molar-refractivity contribution in [1.82, 2.24) is 0 Å². The van der Waals surface area contributed by atoms with Crippen molar-refractivity contribution in [1.29, 1.82) is 0 Å². The number of aliphatic hydroxyl groups is 4. The number of fused-ring (bicyclic) bond motifs is 6. The lowest BCUT2D eigenvalue weighted by atomic mass is 9.42. The van der Waals surface area contributed by atoms with Crippen LogP contribution in [0.4, 0.5) is 0 Å². The van der Waals surface area contributed by atoms with Crippen molar-refractivity contribution in [2.24, 2.45) is 50.7 Å². The number of esters is 1. The summed E-state index contributed by atoms with van der Waals surface area (Å²) in [6.07, 6.45) is 8.02. The SMILES string of the molecule is COc1cc(C=CC(=O)OCC2(C)C(O)C(O)CC3(C)C4CCC5C(C)(CCC6C(C)(CO)C(O)CCC56C)CC4=CC(=O)C32)ccc1O. The number of aromatic hydroxyl groups is 1. The predicted molar refractivity (Wildman–Crippen MR) is 184 cm³/mol. The summed E-state index contributed by atoms with van der Waals surface area (Å²) < 4.78 is 10.9. The number of methoxy groups -OCH3 is 1. The topological polar surface area (TPSA) is 154 Å². The first-order valence-corrected chi connectivity index (χ1v) is 18.1. The summed E-state index contributed by atoms with van der Waals surface area (Å²) >= 11 is 0. The molecule has 270 valence electrons. The Morgan fingerprint density at radius 1 is 0.959 bits per heavy atom. The second kappa shape index (κ2) is 12.5. The first kappa shape index (κ1) is 36.1. The summed E-state index contributed by atoms with van der Waals surface area (Å²) in [6.45, 7) is 10.4. The van der Waals surface area contributed by atoms with Gasteiger partial charge < -0.3 is 35.0 Å². The number of benzene rings is 1. The Bertz CT molecular complexity index is 1540. The lowest BCUT2D eigenvalue weighted by Gasteiger charge is -2.64. The molecule has 12 atom stereocenters. The van der Waals surface area contributed by atoms with Crippen LogP contribution in [0.3, 0.4) is 0 Å². The molecular weight excluding hydrogens is 624 g/mol. The molecule has 0 spiro atoms. The number of carbonyl (C=O) groups excluding carboxylic acids is 2. The minimum absolute atomic E-state index is 0.0135. The highest BCUT2D eigenvalue weighted by Crippen LogP contribution is 2.70. The molecule has 0 heterocycles. The van der Waals surface area contributed by atoms with E-state index in [9.17, 15) is 35.1 Å². The summed E-state index contributed by atoms with van der Waals surface area (Å²) in [5.41, 5.74) is -0.794. The van der Waals surface area contributed by atoms with E-state index in [4.69, 9.17) is 9.47 Å². The molecule has 12 unspecified atom stereocenters. The van der Waals surface area contributed by atoms with E-state index in [0.717, 1.165) is 44.1 Å². The molecule has 1 aromatic carbocycles. The molecule has 49 heavy (non-hydrogen) atoms. The normalized spacial score (nSPS) is 44.9. The Morgan fingerprint density at radius 2 is 1.69 bits per heavy atom. The van der Waals surface area contributed by atoms with E-state index < -0.39 is 46.4 Å². The van der Waals surface area contributed by atoms with Gasteiger partial charge in [0.15, 0.2) is 17.3 Å². The average Bonchev–Trinajstić information content (AvgIpc) is 3.21. The highest BCUT2D eigenvalue weighted by atomic mass is 16.5. The molecule has 1 aromatic rings. The van der Waals surface area contributed by atoms with Gasteiger partial charge in [0.1, 0.15) is 6.61 Å². The maximum Gasteiger partial charge on any atom is 0.330 e. The quantitative estimate of drug-likeness (QED) is 0.201. The molecule has 4 saturated carbocycles. The lowest BCUT2D eigenvalue weighted by molar-refractivity contribution is -0.201. The fourth-order valence-corrected chi connectivity index (χ4v) is 12.3. The number of aliphatic hydroxyl groups excluding tert-OH is 4. The standard InChI is InChI=1S/C40H56O9/c1-36-15-13-31-37(2,16-14-32(45)39(31,4)21-41)30(36)11-9-25-24(19-36)18-27(43)34-38(25,3)20-28(44)35(47)40(34,5)22-49-33(46)12-8-23-7-10-26(42)29(17-23)48-6/h7-8,10,12,17-18,25,28,30-32,34-35,41-42,44-45,47H,9,11,13-16,19-22H2,1-6H3. The Labute approximate surface area is 290 Å². The number of phenolic OH excluding ortho intramolecular Hbond substituents is 1. The van der Waals surface area contributed by atoms with Crippen LogP contribution in [0, 0.1) is 50.7 Å². The molecule has 9 heteroatoms. The molecular formula is C40H56O9. The zero-order valence-electron chi connectivity index (χ0n) is 29.9. The number of ether oxygens (including phenoxy) is 2. The molecule has 0 radical (unpaired) electrons. The summed E-state index contributed by atoms with van der Waals surface area (Å²) in [4.78, 5) is 27.3. The van der Waals surface area contributed by atoms with Crippen molar-refractivity contribution in [3.8, 4) is 11.5 Å². The van der Waals surface area contributed by atoms with Crippen molar-refractivity contribution in [3.05, 3.63) is 41.5 Å². The Hall–Kier alpha value is -2.72. The molecule has 0 amide bonds. The Balaban J connectivity index is 1.27. The average molecular weight is 681 g/mol. The number of carbonyl (C=O) groups is 2. The van der Waals surface area contributed by atoms with E-state index in [-0.39, 0.29) is 59.6 Å². The van der Waals surface area contributed by atoms with Crippen LogP contribution < -0.4 is 4.74 Å². The number of hydrogen-bond acceptors (Lipinski definition) is 9. The van der Waals surface area contributed by atoms with Crippen LogP contribution in [-0.2, 0) is 14.3 Å². The van der Waals surface area contributed by atoms with Crippen LogP contribution >= 0.6 is 0 Å². The number of hydrogen-bond donors (Lipinski definition) is 5. The zero-order chi connectivity index (χ0) is 35.7. The van der Waals surface area contributed by atoms with Gasteiger partial charge in [0.05, 0.1) is 32.0 Å². The van der Waals surface area contributed by atoms with E-state index in [0.29, 0.717) is 17.9 Å². The van der Waals surface area contributed by atoms with Gasteiger partial charge in [0, 0.05) is 22.8 Å². The highest BCUT2D eigenvalue weighted by molar-refractivity contribution is 5.95. The molecule has 6 rings (SSSR count). The van der Waals surface area contributed by atoms with E-state index in [1.165, 1.54) is 25.3 Å². The molecule has 4 fully saturated rings. The maximum absolute atomic E-state index is 14.3. The first-order chi connectivity index (χ1) is 23.0. The van der Waals surface area contributed by atoms with Crippen LogP contribution in [0.1, 0.15) is 91.5 Å². The van der Waals surface area contributed by atoms with Crippen molar-refractivity contribution >= 4 is 17.8 Å². The smallest absolute Gasteiger partial charge is 0.330 e. The zero-order valence-corrected chi connectivity index (χ0v) is 29.9. The minimum Gasteiger partial charge on any atom is -0.504 e. The molecule has 5 N–H and O–H groups in total. The van der Waals surface area contributed by atoms with Gasteiger partial charge in [-0.15, -0.1) is 0 Å². The molecule has 9 nitrogen and oxygen atoms in total. The summed E-state index contributed by atoms with van der Waals surface area (Å²) in [5.74, 6) is -0.594. The second-order valence-electron chi connectivity index (χ2n) is 17.5. The fraction of sp³-hybridized carbons (Fsp3) is 0.700. The van der Waals surface area contributed by atoms with Crippen molar-refractivity contribution in [2.75, 3.05) is 20.3 Å². The van der Waals surface area contributed by atoms with E-state index in [2.05, 4.69) is 20.8 Å². The van der Waals surface area contributed by atoms with Crippen molar-refractivity contribution < 1.29 is 44.6 Å². The summed E-state index contributed by atoms with van der Waals surface area (Å²) in [5, 5.41) is 54.3. The predicted octanol–water partition coefficient (Wildman–Crippen LogP) is 5.21. The number of rotatable bonds is 6. The number of ketones is 1. The largest absolute Gasteiger partial charge is 0.504 e. The van der Waals surface area contributed by atoms with Gasteiger partial charge in [-0.1, -0.05) is 46.3 Å². The van der Waals surface area contributed by atoms with Crippen molar-refractivity contribution in [3.63, 3.8) is 0 Å². The van der Waals surface area contributed by atoms with Crippen LogP contribution in [0.25, 0.3) is 6.08 Å². The van der Waals surface area contributed by atoms with Gasteiger partial charge in [-0.2, -0.15) is 0 Å². The van der Waals surface area contributed by atoms with Crippen LogP contribution in [0.2, 0.25) is 0 Å². The highest BCUT2D eigenvalue weighted by Gasteiger charge is 2.67. The monoisotopic (exact) mass is 680 g/mol. The van der Waals surface area contributed by atoms with Crippen molar-refractivity contribution in [2.45, 2.75) is 104 Å². The van der Waals surface area contributed by atoms with Gasteiger partial charge in [-0.05, 0) is 115 Å². The Kier molecular flexibility index (Phi) is 9.20. The van der Waals surface area contributed by atoms with Gasteiger partial charge in [-0.3, -0.25) is 4.79 Å². The maximum atomic E-state index is 14.3. The molecule has 0 aromatic heterocycles. The minimum atomic E-state index is -1.27. The third kappa shape index (κ3) is 5.58. The Morgan fingerprint density at radius 3 is 2.39 bits per heavy atom. The third-order valence-corrected chi connectivity index (χ3v) is 14.6. The molecule has 0 aliphatic heterocycles. The first-order valence-electron chi connectivity index (χ1n) is 18.1. The van der Waals surface area contributed by atoms with Gasteiger partial charge in [0.2, 0.25) is 0 Å². The van der Waals surface area contributed by atoms with E-state index in [1.807, 2.05) is 13.0 Å².